The third kappa shape index (κ3) is 3.59. The van der Waals surface area contributed by atoms with E-state index in [2.05, 4.69) is 5.32 Å². The van der Waals surface area contributed by atoms with Gasteiger partial charge in [0.2, 0.25) is 15.9 Å². The Kier molecular flexibility index (Phi) is 4.97. The van der Waals surface area contributed by atoms with Gasteiger partial charge < -0.3 is 9.73 Å². The first-order valence-electron chi connectivity index (χ1n) is 9.93. The van der Waals surface area contributed by atoms with Crippen LogP contribution in [-0.4, -0.2) is 31.2 Å². The van der Waals surface area contributed by atoms with E-state index in [0.29, 0.717) is 35.7 Å². The predicted molar refractivity (Wildman–Crippen MR) is 121 cm³/mol. The van der Waals surface area contributed by atoms with Crippen LogP contribution < -0.4 is 5.32 Å². The molecule has 1 fully saturated rings. The molecule has 4 aromatic rings. The number of carbonyl (C=O) groups excluding carboxylic acids is 1. The molecule has 0 aliphatic carbocycles. The fraction of sp³-hybridized carbons (Fsp3) is 0.174. The van der Waals surface area contributed by atoms with Crippen molar-refractivity contribution < 1.29 is 17.6 Å². The first-order valence-corrected chi connectivity index (χ1v) is 11.7. The maximum Gasteiger partial charge on any atom is 0.243 e. The average Bonchev–Trinajstić information content (AvgIpc) is 3.39. The maximum absolute atomic E-state index is 13.1. The normalized spacial score (nSPS) is 17.4. The average molecular weight is 455 g/mol. The topological polar surface area (TPSA) is 79.6 Å². The zero-order valence-electron chi connectivity index (χ0n) is 16.4. The van der Waals surface area contributed by atoms with Crippen molar-refractivity contribution >= 4 is 55.2 Å². The van der Waals surface area contributed by atoms with Gasteiger partial charge in [-0.3, -0.25) is 4.79 Å². The quantitative estimate of drug-likeness (QED) is 0.469. The SMILES string of the molecule is O=C(Nc1ccc2c(c1)oc1ccccc12)C1CCCN1S(=O)(=O)c1ccc(Cl)cc1. The summed E-state index contributed by atoms with van der Waals surface area (Å²) < 4.78 is 33.3. The highest BCUT2D eigenvalue weighted by atomic mass is 35.5. The van der Waals surface area contributed by atoms with Gasteiger partial charge in [0.1, 0.15) is 17.2 Å². The Labute approximate surface area is 184 Å². The summed E-state index contributed by atoms with van der Waals surface area (Å²) in [6.45, 7) is 0.297. The lowest BCUT2D eigenvalue weighted by Gasteiger charge is -2.23. The number of rotatable bonds is 4. The van der Waals surface area contributed by atoms with Crippen molar-refractivity contribution in [3.63, 3.8) is 0 Å². The number of carbonyl (C=O) groups is 1. The summed E-state index contributed by atoms with van der Waals surface area (Å²) in [4.78, 5) is 13.1. The van der Waals surface area contributed by atoms with Gasteiger partial charge >= 0.3 is 0 Å². The molecule has 1 saturated heterocycles. The Morgan fingerprint density at radius 3 is 2.55 bits per heavy atom. The van der Waals surface area contributed by atoms with Gasteiger partial charge in [0.05, 0.1) is 4.90 Å². The van der Waals surface area contributed by atoms with Crippen molar-refractivity contribution in [1.82, 2.24) is 4.31 Å². The molecule has 5 rings (SSSR count). The van der Waals surface area contributed by atoms with Crippen LogP contribution in [0.2, 0.25) is 5.02 Å². The summed E-state index contributed by atoms with van der Waals surface area (Å²) in [5, 5.41) is 5.28. The number of benzene rings is 3. The minimum Gasteiger partial charge on any atom is -0.456 e. The van der Waals surface area contributed by atoms with Gasteiger partial charge in [-0.05, 0) is 55.3 Å². The molecule has 31 heavy (non-hydrogen) atoms. The minimum absolute atomic E-state index is 0.125. The van der Waals surface area contributed by atoms with E-state index in [0.717, 1.165) is 16.4 Å². The molecule has 1 aromatic heterocycles. The molecule has 8 heteroatoms. The lowest BCUT2D eigenvalue weighted by Crippen LogP contribution is -2.43. The molecule has 0 radical (unpaired) electrons. The second-order valence-corrected chi connectivity index (χ2v) is 9.85. The van der Waals surface area contributed by atoms with Crippen LogP contribution >= 0.6 is 11.6 Å². The Morgan fingerprint density at radius 2 is 1.74 bits per heavy atom. The Hall–Kier alpha value is -2.87. The molecule has 0 saturated carbocycles. The van der Waals surface area contributed by atoms with Gasteiger partial charge in [-0.25, -0.2) is 8.42 Å². The van der Waals surface area contributed by atoms with E-state index in [4.69, 9.17) is 16.0 Å². The maximum atomic E-state index is 13.1. The number of fused-ring (bicyclic) bond motifs is 3. The van der Waals surface area contributed by atoms with E-state index in [1.807, 2.05) is 30.3 Å². The highest BCUT2D eigenvalue weighted by molar-refractivity contribution is 7.89. The van der Waals surface area contributed by atoms with Crippen LogP contribution in [0.3, 0.4) is 0 Å². The van der Waals surface area contributed by atoms with E-state index in [-0.39, 0.29) is 10.8 Å². The van der Waals surface area contributed by atoms with Gasteiger partial charge in [0.15, 0.2) is 0 Å². The molecule has 0 spiro atoms. The molecular formula is C23H19ClN2O4S. The number of amides is 1. The third-order valence-electron chi connectivity index (χ3n) is 5.57. The zero-order valence-corrected chi connectivity index (χ0v) is 18.0. The molecule has 1 aliphatic rings. The van der Waals surface area contributed by atoms with E-state index >= 15 is 0 Å². The summed E-state index contributed by atoms with van der Waals surface area (Å²) in [5.74, 6) is -0.356. The number of hydrogen-bond donors (Lipinski definition) is 1. The number of nitrogens with zero attached hydrogens (tertiary/aromatic N) is 1. The standard InChI is InChI=1S/C23H19ClN2O4S/c24-15-7-10-17(11-8-15)31(28,29)26-13-3-5-20(26)23(27)25-16-9-12-19-18-4-1-2-6-21(18)30-22(19)14-16/h1-2,4,6-12,14,20H,3,5,13H2,(H,25,27). The number of nitrogens with one attached hydrogen (secondary N) is 1. The number of hydrogen-bond acceptors (Lipinski definition) is 4. The second-order valence-electron chi connectivity index (χ2n) is 7.53. The van der Waals surface area contributed by atoms with Crippen LogP contribution in [0.1, 0.15) is 12.8 Å². The molecule has 0 bridgehead atoms. The molecule has 1 atom stereocenters. The van der Waals surface area contributed by atoms with Crippen molar-refractivity contribution in [2.75, 3.05) is 11.9 Å². The van der Waals surface area contributed by atoms with Crippen LogP contribution in [0, 0.1) is 0 Å². The van der Waals surface area contributed by atoms with Crippen LogP contribution in [0.25, 0.3) is 21.9 Å². The van der Waals surface area contributed by atoms with E-state index in [1.54, 1.807) is 12.1 Å². The fourth-order valence-corrected chi connectivity index (χ4v) is 5.84. The van der Waals surface area contributed by atoms with E-state index < -0.39 is 16.1 Å². The van der Waals surface area contributed by atoms with Gasteiger partial charge in [0, 0.05) is 34.1 Å². The first-order chi connectivity index (χ1) is 14.9. The van der Waals surface area contributed by atoms with Crippen molar-refractivity contribution in [3.8, 4) is 0 Å². The van der Waals surface area contributed by atoms with Crippen molar-refractivity contribution in [2.45, 2.75) is 23.8 Å². The lowest BCUT2D eigenvalue weighted by atomic mass is 10.1. The number of para-hydroxylation sites is 1. The van der Waals surface area contributed by atoms with Crippen molar-refractivity contribution in [1.29, 1.82) is 0 Å². The van der Waals surface area contributed by atoms with Crippen molar-refractivity contribution in [2.24, 2.45) is 0 Å². The highest BCUT2D eigenvalue weighted by Crippen LogP contribution is 2.31. The first kappa shape index (κ1) is 20.1. The van der Waals surface area contributed by atoms with Crippen LogP contribution in [0.4, 0.5) is 5.69 Å². The molecule has 2 heterocycles. The van der Waals surface area contributed by atoms with E-state index in [9.17, 15) is 13.2 Å². The summed E-state index contributed by atoms with van der Waals surface area (Å²) in [6, 6.07) is 18.4. The minimum atomic E-state index is -3.80. The zero-order chi connectivity index (χ0) is 21.6. The summed E-state index contributed by atoms with van der Waals surface area (Å²) >= 11 is 5.88. The molecule has 1 aliphatic heterocycles. The predicted octanol–water partition coefficient (Wildman–Crippen LogP) is 5.03. The highest BCUT2D eigenvalue weighted by Gasteiger charge is 2.39. The number of anilines is 1. The van der Waals surface area contributed by atoms with Crippen molar-refractivity contribution in [3.05, 3.63) is 71.8 Å². The fourth-order valence-electron chi connectivity index (χ4n) is 4.06. The molecular weight excluding hydrogens is 436 g/mol. The monoisotopic (exact) mass is 454 g/mol. The van der Waals surface area contributed by atoms with Gasteiger partial charge in [-0.15, -0.1) is 0 Å². The molecule has 3 aromatic carbocycles. The largest absolute Gasteiger partial charge is 0.456 e. The molecule has 6 nitrogen and oxygen atoms in total. The summed E-state index contributed by atoms with van der Waals surface area (Å²) in [7, 11) is -3.80. The number of sulfonamides is 1. The van der Waals surface area contributed by atoms with Crippen LogP contribution in [0.15, 0.2) is 76.0 Å². The van der Waals surface area contributed by atoms with Gasteiger partial charge in [-0.2, -0.15) is 4.31 Å². The summed E-state index contributed by atoms with van der Waals surface area (Å²) in [5.41, 5.74) is 2.00. The second kappa shape index (κ2) is 7.67. The Bertz CT molecular complexity index is 1400. The van der Waals surface area contributed by atoms with Gasteiger partial charge in [-0.1, -0.05) is 29.8 Å². The third-order valence-corrected chi connectivity index (χ3v) is 7.75. The Balaban J connectivity index is 1.40. The summed E-state index contributed by atoms with van der Waals surface area (Å²) in [6.07, 6.45) is 1.08. The van der Waals surface area contributed by atoms with Gasteiger partial charge in [0.25, 0.3) is 0 Å². The number of halogens is 1. The Morgan fingerprint density at radius 1 is 1.00 bits per heavy atom. The van der Waals surface area contributed by atoms with Crippen LogP contribution in [-0.2, 0) is 14.8 Å². The van der Waals surface area contributed by atoms with E-state index in [1.165, 1.54) is 28.6 Å². The molecule has 1 N–H and O–H groups in total. The number of furan rings is 1. The lowest BCUT2D eigenvalue weighted by molar-refractivity contribution is -0.119. The molecule has 1 amide bonds. The molecule has 1 unspecified atom stereocenters. The molecule has 158 valence electrons. The smallest absolute Gasteiger partial charge is 0.243 e. The van der Waals surface area contributed by atoms with Crippen LogP contribution in [0.5, 0.6) is 0 Å².